The Kier molecular flexibility index (Phi) is 5.92. The van der Waals surface area contributed by atoms with Crippen LogP contribution in [0.5, 0.6) is 0 Å². The van der Waals surface area contributed by atoms with E-state index in [1.54, 1.807) is 12.1 Å². The van der Waals surface area contributed by atoms with Gasteiger partial charge in [0.15, 0.2) is 0 Å². The molecule has 1 aromatic rings. The lowest BCUT2D eigenvalue weighted by molar-refractivity contribution is 0.577. The number of rotatable bonds is 6. The molecule has 0 aliphatic heterocycles. The summed E-state index contributed by atoms with van der Waals surface area (Å²) in [5.74, 6) is 0. The van der Waals surface area contributed by atoms with Gasteiger partial charge < -0.3 is 0 Å². The van der Waals surface area contributed by atoms with E-state index in [1.807, 2.05) is 6.92 Å². The average Bonchev–Trinajstić information content (AvgIpc) is 2.25. The third kappa shape index (κ3) is 5.38. The fraction of sp³-hybridized carbons (Fsp3) is 0.455. The first-order valence-corrected chi connectivity index (χ1v) is 8.09. The van der Waals surface area contributed by atoms with E-state index in [9.17, 15) is 8.42 Å². The second kappa shape index (κ2) is 6.73. The molecule has 0 radical (unpaired) electrons. The number of hydrogen-bond acceptors (Lipinski definition) is 2. The lowest BCUT2D eigenvalue weighted by Crippen LogP contribution is -2.25. The molecular formula is C11H15BrClNO2S. The molecule has 0 heterocycles. The summed E-state index contributed by atoms with van der Waals surface area (Å²) in [5, 5.41) is 0.525. The molecule has 6 heteroatoms. The van der Waals surface area contributed by atoms with E-state index in [0.717, 1.165) is 12.8 Å². The van der Waals surface area contributed by atoms with Gasteiger partial charge in [0.1, 0.15) is 0 Å². The van der Waals surface area contributed by atoms with Crippen LogP contribution in [0.1, 0.15) is 19.8 Å². The predicted molar refractivity (Wildman–Crippen MR) is 74.3 cm³/mol. The van der Waals surface area contributed by atoms with Crippen molar-refractivity contribution in [1.82, 2.24) is 4.72 Å². The molecule has 1 rings (SSSR count). The molecule has 0 aromatic heterocycles. The Bertz CT molecular complexity index is 445. The van der Waals surface area contributed by atoms with Gasteiger partial charge in [-0.15, -0.1) is 0 Å². The quantitative estimate of drug-likeness (QED) is 0.638. The highest BCUT2D eigenvalue weighted by Crippen LogP contribution is 2.14. The molecule has 1 unspecified atom stereocenters. The van der Waals surface area contributed by atoms with Crippen LogP contribution >= 0.6 is 27.5 Å². The highest BCUT2D eigenvalue weighted by molar-refractivity contribution is 9.09. The minimum Gasteiger partial charge on any atom is -0.211 e. The van der Waals surface area contributed by atoms with Gasteiger partial charge in [-0.3, -0.25) is 0 Å². The number of halogens is 2. The monoisotopic (exact) mass is 339 g/mol. The fourth-order valence-corrected chi connectivity index (χ4v) is 2.81. The third-order valence-electron chi connectivity index (χ3n) is 2.19. The molecular weight excluding hydrogens is 326 g/mol. The third-order valence-corrected chi connectivity index (χ3v) is 4.38. The van der Waals surface area contributed by atoms with Crippen LogP contribution in [-0.4, -0.2) is 19.8 Å². The Morgan fingerprint density at radius 2 is 1.94 bits per heavy atom. The van der Waals surface area contributed by atoms with Crippen molar-refractivity contribution < 1.29 is 8.42 Å². The van der Waals surface area contributed by atoms with E-state index in [-0.39, 0.29) is 4.90 Å². The van der Waals surface area contributed by atoms with E-state index in [2.05, 4.69) is 20.7 Å². The number of hydrogen-bond donors (Lipinski definition) is 1. The normalized spacial score (nSPS) is 13.6. The van der Waals surface area contributed by atoms with Gasteiger partial charge in [-0.2, -0.15) is 0 Å². The van der Waals surface area contributed by atoms with E-state index < -0.39 is 10.0 Å². The number of alkyl halides is 1. The smallest absolute Gasteiger partial charge is 0.211 e. The van der Waals surface area contributed by atoms with Crippen LogP contribution in [0.25, 0.3) is 0 Å². The Balaban J connectivity index is 2.54. The predicted octanol–water partition coefficient (Wildman–Crippen LogP) is 3.18. The van der Waals surface area contributed by atoms with Crippen LogP contribution in [0.15, 0.2) is 29.2 Å². The molecule has 0 spiro atoms. The van der Waals surface area contributed by atoms with Gasteiger partial charge in [-0.25, -0.2) is 13.1 Å². The van der Waals surface area contributed by atoms with E-state index in [4.69, 9.17) is 11.6 Å². The summed E-state index contributed by atoms with van der Waals surface area (Å²) in [4.78, 5) is 0.649. The lowest BCUT2D eigenvalue weighted by atomic mass is 10.2. The molecule has 0 bridgehead atoms. The molecule has 1 atom stereocenters. The highest BCUT2D eigenvalue weighted by Gasteiger charge is 2.12. The van der Waals surface area contributed by atoms with Gasteiger partial charge in [0.2, 0.25) is 10.0 Å². The summed E-state index contributed by atoms with van der Waals surface area (Å²) in [5.41, 5.74) is 0. The largest absolute Gasteiger partial charge is 0.240 e. The second-order valence-electron chi connectivity index (χ2n) is 3.77. The van der Waals surface area contributed by atoms with Crippen LogP contribution in [0.4, 0.5) is 0 Å². The maximum absolute atomic E-state index is 11.8. The topological polar surface area (TPSA) is 46.2 Å². The zero-order valence-corrected chi connectivity index (χ0v) is 12.6. The Morgan fingerprint density at radius 3 is 2.47 bits per heavy atom. The van der Waals surface area contributed by atoms with Crippen LogP contribution in [0, 0.1) is 0 Å². The van der Waals surface area contributed by atoms with E-state index in [0.29, 0.717) is 16.4 Å². The van der Waals surface area contributed by atoms with Gasteiger partial charge in [0.05, 0.1) is 4.90 Å². The van der Waals surface area contributed by atoms with Crippen molar-refractivity contribution in [3.05, 3.63) is 29.3 Å². The number of benzene rings is 1. The van der Waals surface area contributed by atoms with E-state index in [1.165, 1.54) is 12.1 Å². The first kappa shape index (κ1) is 15.0. The Morgan fingerprint density at radius 1 is 1.35 bits per heavy atom. The molecule has 0 saturated heterocycles. The van der Waals surface area contributed by atoms with Crippen molar-refractivity contribution in [2.75, 3.05) is 6.54 Å². The lowest BCUT2D eigenvalue weighted by Gasteiger charge is -2.07. The van der Waals surface area contributed by atoms with Crippen molar-refractivity contribution >= 4 is 37.6 Å². The molecule has 0 fully saturated rings. The molecule has 0 saturated carbocycles. The Hall–Kier alpha value is -0.100. The molecule has 96 valence electrons. The zero-order chi connectivity index (χ0) is 12.9. The van der Waals surface area contributed by atoms with Crippen molar-refractivity contribution in [2.24, 2.45) is 0 Å². The summed E-state index contributed by atoms with van der Waals surface area (Å²) >= 11 is 9.12. The molecule has 17 heavy (non-hydrogen) atoms. The van der Waals surface area contributed by atoms with Crippen LogP contribution in [0.2, 0.25) is 5.02 Å². The molecule has 3 nitrogen and oxygen atoms in total. The molecule has 1 N–H and O–H groups in total. The summed E-state index contributed by atoms with van der Waals surface area (Å²) in [6.45, 7) is 2.48. The van der Waals surface area contributed by atoms with Gasteiger partial charge in [0, 0.05) is 16.4 Å². The fourth-order valence-electron chi connectivity index (χ4n) is 1.29. The van der Waals surface area contributed by atoms with Crippen molar-refractivity contribution in [3.8, 4) is 0 Å². The Labute approximate surface area is 116 Å². The van der Waals surface area contributed by atoms with Gasteiger partial charge in [0.25, 0.3) is 0 Å². The summed E-state index contributed by atoms with van der Waals surface area (Å²) in [6, 6.07) is 6.13. The second-order valence-corrected chi connectivity index (χ2v) is 7.54. The summed E-state index contributed by atoms with van der Waals surface area (Å²) in [6.07, 6.45) is 1.74. The molecule has 0 amide bonds. The summed E-state index contributed by atoms with van der Waals surface area (Å²) < 4.78 is 26.2. The van der Waals surface area contributed by atoms with Gasteiger partial charge >= 0.3 is 0 Å². The van der Waals surface area contributed by atoms with Crippen LogP contribution in [0.3, 0.4) is 0 Å². The molecule has 0 aliphatic rings. The minimum atomic E-state index is -3.40. The van der Waals surface area contributed by atoms with Crippen LogP contribution in [-0.2, 0) is 10.0 Å². The van der Waals surface area contributed by atoms with Crippen molar-refractivity contribution in [3.63, 3.8) is 0 Å². The highest BCUT2D eigenvalue weighted by atomic mass is 79.9. The standard InChI is InChI=1S/C11H15BrClNO2S/c1-9(12)3-2-8-14-17(15,16)11-6-4-10(13)5-7-11/h4-7,9,14H,2-3,8H2,1H3. The molecule has 0 aliphatic carbocycles. The number of nitrogens with one attached hydrogen (secondary N) is 1. The maximum Gasteiger partial charge on any atom is 0.240 e. The van der Waals surface area contributed by atoms with Gasteiger partial charge in [-0.05, 0) is 37.1 Å². The maximum atomic E-state index is 11.8. The average molecular weight is 341 g/mol. The van der Waals surface area contributed by atoms with E-state index >= 15 is 0 Å². The summed E-state index contributed by atoms with van der Waals surface area (Å²) in [7, 11) is -3.40. The first-order valence-electron chi connectivity index (χ1n) is 5.31. The van der Waals surface area contributed by atoms with Crippen molar-refractivity contribution in [2.45, 2.75) is 29.5 Å². The van der Waals surface area contributed by atoms with Crippen LogP contribution < -0.4 is 4.72 Å². The SMILES string of the molecule is CC(Br)CCCNS(=O)(=O)c1ccc(Cl)cc1. The van der Waals surface area contributed by atoms with Crippen molar-refractivity contribution in [1.29, 1.82) is 0 Å². The first-order chi connectivity index (χ1) is 7.92. The van der Waals surface area contributed by atoms with Gasteiger partial charge in [-0.1, -0.05) is 34.5 Å². The minimum absolute atomic E-state index is 0.244. The zero-order valence-electron chi connectivity index (χ0n) is 9.49. The molecule has 1 aromatic carbocycles. The number of sulfonamides is 1.